The summed E-state index contributed by atoms with van der Waals surface area (Å²) >= 11 is 2.42. The lowest BCUT2D eigenvalue weighted by atomic mass is 9.94. The molecule has 0 saturated carbocycles. The van der Waals surface area contributed by atoms with E-state index in [0.717, 1.165) is 0 Å². The molecule has 0 radical (unpaired) electrons. The second kappa shape index (κ2) is 2.01. The standard InChI is InChI=1S/C7H11I/c1-7(2)4-3-6(8)5-7/h5H,3-4H2,1-2H3. The molecule has 0 fully saturated rings. The van der Waals surface area contributed by atoms with Crippen LogP contribution in [0.5, 0.6) is 0 Å². The van der Waals surface area contributed by atoms with Gasteiger partial charge >= 0.3 is 0 Å². The Hall–Kier alpha value is 0.470. The van der Waals surface area contributed by atoms with Crippen LogP contribution in [-0.4, -0.2) is 0 Å². The average Bonchev–Trinajstić information content (AvgIpc) is 1.82. The van der Waals surface area contributed by atoms with Gasteiger partial charge in [0.05, 0.1) is 0 Å². The van der Waals surface area contributed by atoms with Crippen LogP contribution in [0.2, 0.25) is 0 Å². The fourth-order valence-electron chi connectivity index (χ4n) is 1.01. The molecule has 1 rings (SSSR count). The lowest BCUT2D eigenvalue weighted by Crippen LogP contribution is -2.00. The van der Waals surface area contributed by atoms with Crippen molar-refractivity contribution in [3.05, 3.63) is 9.66 Å². The number of allylic oxidation sites excluding steroid dienone is 2. The van der Waals surface area contributed by atoms with E-state index in [2.05, 4.69) is 42.5 Å². The first kappa shape index (κ1) is 6.59. The predicted molar refractivity (Wildman–Crippen MR) is 45.1 cm³/mol. The van der Waals surface area contributed by atoms with E-state index in [-0.39, 0.29) is 0 Å². The van der Waals surface area contributed by atoms with Gasteiger partial charge in [0.15, 0.2) is 0 Å². The van der Waals surface area contributed by atoms with E-state index in [9.17, 15) is 0 Å². The van der Waals surface area contributed by atoms with Gasteiger partial charge in [-0.2, -0.15) is 0 Å². The molecular weight excluding hydrogens is 211 g/mol. The molecule has 0 nitrogen and oxygen atoms in total. The minimum absolute atomic E-state index is 0.497. The molecule has 0 aliphatic heterocycles. The third kappa shape index (κ3) is 1.47. The number of rotatable bonds is 0. The lowest BCUT2D eigenvalue weighted by Gasteiger charge is -2.11. The summed E-state index contributed by atoms with van der Waals surface area (Å²) in [6.45, 7) is 4.58. The van der Waals surface area contributed by atoms with Gasteiger partial charge in [-0.15, -0.1) is 0 Å². The molecule has 0 aromatic heterocycles. The summed E-state index contributed by atoms with van der Waals surface area (Å²) in [7, 11) is 0. The maximum atomic E-state index is 2.42. The molecule has 0 unspecified atom stereocenters. The lowest BCUT2D eigenvalue weighted by molar-refractivity contribution is 0.470. The van der Waals surface area contributed by atoms with E-state index in [1.165, 1.54) is 16.4 Å². The Morgan fingerprint density at radius 1 is 1.62 bits per heavy atom. The van der Waals surface area contributed by atoms with Gasteiger partial charge in [-0.05, 0) is 44.4 Å². The van der Waals surface area contributed by atoms with E-state index in [1.54, 1.807) is 0 Å². The first-order chi connectivity index (χ1) is 3.60. The van der Waals surface area contributed by atoms with E-state index in [1.807, 2.05) is 0 Å². The van der Waals surface area contributed by atoms with Gasteiger partial charge in [0.25, 0.3) is 0 Å². The monoisotopic (exact) mass is 222 g/mol. The maximum absolute atomic E-state index is 2.42. The molecule has 0 amide bonds. The summed E-state index contributed by atoms with van der Waals surface area (Å²) in [6.07, 6.45) is 5.01. The summed E-state index contributed by atoms with van der Waals surface area (Å²) < 4.78 is 1.53. The van der Waals surface area contributed by atoms with Gasteiger partial charge in [0.2, 0.25) is 0 Å². The van der Waals surface area contributed by atoms with Crippen molar-refractivity contribution < 1.29 is 0 Å². The van der Waals surface area contributed by atoms with Crippen molar-refractivity contribution in [2.24, 2.45) is 5.41 Å². The molecule has 0 N–H and O–H groups in total. The number of halogens is 1. The smallest absolute Gasteiger partial charge is 0.0128 e. The topological polar surface area (TPSA) is 0 Å². The van der Waals surface area contributed by atoms with Crippen molar-refractivity contribution in [3.63, 3.8) is 0 Å². The van der Waals surface area contributed by atoms with Gasteiger partial charge in [-0.1, -0.05) is 19.9 Å². The fourth-order valence-corrected chi connectivity index (χ4v) is 2.12. The summed E-state index contributed by atoms with van der Waals surface area (Å²) in [4.78, 5) is 0. The highest BCUT2D eigenvalue weighted by Gasteiger charge is 2.20. The van der Waals surface area contributed by atoms with Gasteiger partial charge in [0.1, 0.15) is 0 Å². The molecule has 1 aliphatic rings. The molecule has 1 aliphatic carbocycles. The molecule has 1 heteroatoms. The zero-order valence-corrected chi connectivity index (χ0v) is 7.53. The van der Waals surface area contributed by atoms with Crippen LogP contribution in [0, 0.1) is 5.41 Å². The van der Waals surface area contributed by atoms with Gasteiger partial charge in [-0.25, -0.2) is 0 Å². The van der Waals surface area contributed by atoms with Crippen LogP contribution >= 0.6 is 22.6 Å². The van der Waals surface area contributed by atoms with E-state index < -0.39 is 0 Å². The molecule has 0 saturated heterocycles. The summed E-state index contributed by atoms with van der Waals surface area (Å²) in [5.74, 6) is 0. The van der Waals surface area contributed by atoms with Crippen molar-refractivity contribution >= 4 is 22.6 Å². The summed E-state index contributed by atoms with van der Waals surface area (Å²) in [5.41, 5.74) is 0.497. The number of hydrogen-bond donors (Lipinski definition) is 0. The van der Waals surface area contributed by atoms with Crippen molar-refractivity contribution in [1.29, 1.82) is 0 Å². The Kier molecular flexibility index (Phi) is 1.66. The molecule has 0 spiro atoms. The second-order valence-electron chi connectivity index (χ2n) is 3.08. The normalized spacial score (nSPS) is 25.6. The van der Waals surface area contributed by atoms with E-state index >= 15 is 0 Å². The maximum Gasteiger partial charge on any atom is -0.0128 e. The Balaban J connectivity index is 2.67. The summed E-state index contributed by atoms with van der Waals surface area (Å²) in [6, 6.07) is 0. The molecule has 8 heavy (non-hydrogen) atoms. The zero-order chi connectivity index (χ0) is 6.20. The van der Waals surface area contributed by atoms with Crippen molar-refractivity contribution in [2.45, 2.75) is 26.7 Å². The van der Waals surface area contributed by atoms with Crippen LogP contribution in [0.1, 0.15) is 26.7 Å². The molecule has 0 aromatic carbocycles. The highest BCUT2D eigenvalue weighted by atomic mass is 127. The molecular formula is C7H11I. The first-order valence-electron chi connectivity index (χ1n) is 2.97. The molecule has 0 bridgehead atoms. The van der Waals surface area contributed by atoms with Crippen LogP contribution < -0.4 is 0 Å². The highest BCUT2D eigenvalue weighted by molar-refractivity contribution is 14.1. The third-order valence-corrected chi connectivity index (χ3v) is 2.41. The third-order valence-electron chi connectivity index (χ3n) is 1.56. The summed E-state index contributed by atoms with van der Waals surface area (Å²) in [5, 5.41) is 0. The van der Waals surface area contributed by atoms with Crippen molar-refractivity contribution in [3.8, 4) is 0 Å². The largest absolute Gasteiger partial charge is 0.0695 e. The highest BCUT2D eigenvalue weighted by Crippen LogP contribution is 2.37. The van der Waals surface area contributed by atoms with E-state index in [4.69, 9.17) is 0 Å². The Labute approximate surface area is 64.5 Å². The Morgan fingerprint density at radius 2 is 2.25 bits per heavy atom. The Bertz CT molecular complexity index is 122. The SMILES string of the molecule is CC1(C)C=C(I)CC1. The quantitative estimate of drug-likeness (QED) is 0.552. The van der Waals surface area contributed by atoms with Crippen LogP contribution in [0.15, 0.2) is 9.66 Å². The minimum atomic E-state index is 0.497. The molecule has 0 heterocycles. The number of hydrogen-bond acceptors (Lipinski definition) is 0. The minimum Gasteiger partial charge on any atom is -0.0695 e. The predicted octanol–water partition coefficient (Wildman–Crippen LogP) is 3.13. The second-order valence-corrected chi connectivity index (χ2v) is 4.47. The van der Waals surface area contributed by atoms with Crippen molar-refractivity contribution in [2.75, 3.05) is 0 Å². The van der Waals surface area contributed by atoms with Gasteiger partial charge in [-0.3, -0.25) is 0 Å². The van der Waals surface area contributed by atoms with Crippen LogP contribution in [0.3, 0.4) is 0 Å². The molecule has 46 valence electrons. The first-order valence-corrected chi connectivity index (χ1v) is 4.05. The van der Waals surface area contributed by atoms with Crippen LogP contribution in [-0.2, 0) is 0 Å². The van der Waals surface area contributed by atoms with Crippen LogP contribution in [0.25, 0.3) is 0 Å². The van der Waals surface area contributed by atoms with Crippen LogP contribution in [0.4, 0.5) is 0 Å². The fraction of sp³-hybridized carbons (Fsp3) is 0.714. The van der Waals surface area contributed by atoms with Gasteiger partial charge in [0, 0.05) is 0 Å². The Morgan fingerprint density at radius 3 is 2.38 bits per heavy atom. The van der Waals surface area contributed by atoms with Gasteiger partial charge < -0.3 is 0 Å². The van der Waals surface area contributed by atoms with E-state index in [0.29, 0.717) is 5.41 Å². The molecule has 0 aromatic rings. The average molecular weight is 222 g/mol. The van der Waals surface area contributed by atoms with Crippen molar-refractivity contribution in [1.82, 2.24) is 0 Å². The zero-order valence-electron chi connectivity index (χ0n) is 5.37. The molecule has 0 atom stereocenters.